The van der Waals surface area contributed by atoms with Gasteiger partial charge in [0.15, 0.2) is 0 Å². The Morgan fingerprint density at radius 1 is 1.27 bits per heavy atom. The fourth-order valence-electron chi connectivity index (χ4n) is 1.74. The van der Waals surface area contributed by atoms with Crippen LogP contribution in [0.4, 0.5) is 24.7 Å². The van der Waals surface area contributed by atoms with Gasteiger partial charge in [0, 0.05) is 37.1 Å². The zero-order chi connectivity index (χ0) is 16.2. The van der Waals surface area contributed by atoms with Crippen molar-refractivity contribution in [3.8, 4) is 0 Å². The summed E-state index contributed by atoms with van der Waals surface area (Å²) in [6.07, 6.45) is -2.05. The lowest BCUT2D eigenvalue weighted by Crippen LogP contribution is -2.12. The van der Waals surface area contributed by atoms with Gasteiger partial charge in [-0.15, -0.1) is 0 Å². The Hall–Kier alpha value is -2.71. The molecule has 0 saturated heterocycles. The Bertz CT molecular complexity index is 662. The lowest BCUT2D eigenvalue weighted by atomic mass is 10.2. The fraction of sp³-hybridized carbons (Fsp3) is 0.231. The summed E-state index contributed by atoms with van der Waals surface area (Å²) in [7, 11) is 0. The van der Waals surface area contributed by atoms with E-state index in [1.54, 1.807) is 24.4 Å². The van der Waals surface area contributed by atoms with E-state index < -0.39 is 22.4 Å². The molecule has 22 heavy (non-hydrogen) atoms. The maximum Gasteiger partial charge on any atom is 0.418 e. The third-order valence-electron chi connectivity index (χ3n) is 2.79. The van der Waals surface area contributed by atoms with Crippen molar-refractivity contribution in [1.29, 1.82) is 0 Å². The van der Waals surface area contributed by atoms with E-state index in [0.717, 1.165) is 5.69 Å². The fourth-order valence-corrected chi connectivity index (χ4v) is 1.74. The summed E-state index contributed by atoms with van der Waals surface area (Å²) in [6.45, 7) is 0.260. The van der Waals surface area contributed by atoms with E-state index in [1.165, 1.54) is 0 Å². The lowest BCUT2D eigenvalue weighted by Gasteiger charge is -2.09. The van der Waals surface area contributed by atoms with E-state index in [4.69, 9.17) is 0 Å². The highest BCUT2D eigenvalue weighted by molar-refractivity contribution is 5.57. The minimum absolute atomic E-state index is 0.200. The molecule has 2 heterocycles. The Labute approximate surface area is 123 Å². The molecule has 2 aromatic rings. The molecule has 0 radical (unpaired) electrons. The quantitative estimate of drug-likeness (QED) is 0.678. The van der Waals surface area contributed by atoms with Crippen LogP contribution in [0.5, 0.6) is 0 Å². The van der Waals surface area contributed by atoms with Crippen LogP contribution in [0.15, 0.2) is 36.7 Å². The highest BCUT2D eigenvalue weighted by Crippen LogP contribution is 2.33. The molecule has 2 rings (SSSR count). The van der Waals surface area contributed by atoms with Gasteiger partial charge in [-0.25, -0.2) is 4.98 Å². The normalized spacial score (nSPS) is 11.2. The first kappa shape index (κ1) is 15.7. The third-order valence-corrected chi connectivity index (χ3v) is 2.79. The number of rotatable bonds is 5. The number of hydrogen-bond donors (Lipinski definition) is 1. The Kier molecular flexibility index (Phi) is 4.54. The van der Waals surface area contributed by atoms with Crippen LogP contribution in [0.2, 0.25) is 0 Å². The number of halogens is 3. The summed E-state index contributed by atoms with van der Waals surface area (Å²) < 4.78 is 37.6. The van der Waals surface area contributed by atoms with Gasteiger partial charge in [-0.3, -0.25) is 15.1 Å². The molecule has 0 unspecified atom stereocenters. The van der Waals surface area contributed by atoms with Gasteiger partial charge >= 0.3 is 11.9 Å². The summed E-state index contributed by atoms with van der Waals surface area (Å²) in [6, 6.07) is 5.78. The van der Waals surface area contributed by atoms with Crippen molar-refractivity contribution < 1.29 is 18.1 Å². The van der Waals surface area contributed by atoms with Crippen molar-refractivity contribution in [2.45, 2.75) is 12.6 Å². The van der Waals surface area contributed by atoms with Crippen LogP contribution in [0.1, 0.15) is 11.3 Å². The van der Waals surface area contributed by atoms with Crippen LogP contribution in [0.3, 0.4) is 0 Å². The molecular formula is C13H11F3N4O2. The average Bonchev–Trinajstić information content (AvgIpc) is 2.47. The molecule has 0 fully saturated rings. The second kappa shape index (κ2) is 6.37. The highest BCUT2D eigenvalue weighted by atomic mass is 19.4. The number of nitro groups is 1. The first-order valence-corrected chi connectivity index (χ1v) is 6.23. The van der Waals surface area contributed by atoms with E-state index in [1.807, 2.05) is 0 Å². The SMILES string of the molecule is O=[N+]([O-])c1cc(C(F)(F)F)cnc1NCCc1ccccn1. The molecule has 0 aromatic carbocycles. The molecule has 0 atom stereocenters. The van der Waals surface area contributed by atoms with Gasteiger partial charge in [-0.1, -0.05) is 6.07 Å². The topological polar surface area (TPSA) is 81.0 Å². The number of aromatic nitrogens is 2. The van der Waals surface area contributed by atoms with E-state index in [0.29, 0.717) is 18.7 Å². The van der Waals surface area contributed by atoms with Crippen molar-refractivity contribution >= 4 is 11.5 Å². The van der Waals surface area contributed by atoms with Gasteiger partial charge in [-0.2, -0.15) is 13.2 Å². The molecule has 9 heteroatoms. The van der Waals surface area contributed by atoms with Crippen molar-refractivity contribution in [1.82, 2.24) is 9.97 Å². The molecule has 0 saturated carbocycles. The van der Waals surface area contributed by atoms with Gasteiger partial charge in [-0.05, 0) is 12.1 Å². The van der Waals surface area contributed by atoms with Crippen molar-refractivity contribution in [3.05, 3.63) is 58.0 Å². The zero-order valence-corrected chi connectivity index (χ0v) is 11.2. The number of alkyl halides is 3. The number of nitrogens with zero attached hydrogens (tertiary/aromatic N) is 3. The highest BCUT2D eigenvalue weighted by Gasteiger charge is 2.33. The van der Waals surface area contributed by atoms with Gasteiger partial charge in [0.25, 0.3) is 0 Å². The minimum atomic E-state index is -4.68. The van der Waals surface area contributed by atoms with Crippen molar-refractivity contribution in [3.63, 3.8) is 0 Å². The predicted molar refractivity (Wildman–Crippen MR) is 72.3 cm³/mol. The third kappa shape index (κ3) is 3.90. The predicted octanol–water partition coefficient (Wildman–Crippen LogP) is 3.06. The monoisotopic (exact) mass is 312 g/mol. The molecule has 1 N–H and O–H groups in total. The lowest BCUT2D eigenvalue weighted by molar-refractivity contribution is -0.384. The van der Waals surface area contributed by atoms with E-state index >= 15 is 0 Å². The zero-order valence-electron chi connectivity index (χ0n) is 11.2. The first-order chi connectivity index (χ1) is 10.4. The second-order valence-corrected chi connectivity index (χ2v) is 4.34. The summed E-state index contributed by atoms with van der Waals surface area (Å²) in [5.41, 5.74) is -1.12. The van der Waals surface area contributed by atoms with E-state index in [9.17, 15) is 23.3 Å². The van der Waals surface area contributed by atoms with Gasteiger partial charge in [0.05, 0.1) is 10.5 Å². The van der Waals surface area contributed by atoms with E-state index in [2.05, 4.69) is 15.3 Å². The van der Waals surface area contributed by atoms with Crippen LogP contribution < -0.4 is 5.32 Å². The molecule has 0 bridgehead atoms. The molecule has 0 amide bonds. The molecule has 0 aliphatic carbocycles. The molecule has 116 valence electrons. The first-order valence-electron chi connectivity index (χ1n) is 6.23. The number of hydrogen-bond acceptors (Lipinski definition) is 5. The second-order valence-electron chi connectivity index (χ2n) is 4.34. The summed E-state index contributed by atoms with van der Waals surface area (Å²) >= 11 is 0. The molecule has 2 aromatic heterocycles. The van der Waals surface area contributed by atoms with Crippen molar-refractivity contribution in [2.75, 3.05) is 11.9 Å². The molecule has 6 nitrogen and oxygen atoms in total. The molecule has 0 spiro atoms. The number of pyridine rings is 2. The maximum atomic E-state index is 12.5. The van der Waals surface area contributed by atoms with Gasteiger partial charge in [0.2, 0.25) is 5.82 Å². The summed E-state index contributed by atoms with van der Waals surface area (Å²) in [5, 5.41) is 13.5. The standard InChI is InChI=1S/C13H11F3N4O2/c14-13(15,16)9-7-11(20(21)22)12(19-8-9)18-6-4-10-3-1-2-5-17-10/h1-3,5,7-8H,4,6H2,(H,18,19). The summed E-state index contributed by atoms with van der Waals surface area (Å²) in [4.78, 5) is 17.6. The van der Waals surface area contributed by atoms with Crippen LogP contribution in [-0.4, -0.2) is 21.4 Å². The van der Waals surface area contributed by atoms with Crippen LogP contribution in [0, 0.1) is 10.1 Å². The largest absolute Gasteiger partial charge is 0.418 e. The smallest absolute Gasteiger partial charge is 0.364 e. The molecule has 0 aliphatic rings. The Balaban J connectivity index is 2.12. The van der Waals surface area contributed by atoms with Gasteiger partial charge in [0.1, 0.15) is 0 Å². The van der Waals surface area contributed by atoms with Crippen LogP contribution in [0.25, 0.3) is 0 Å². The van der Waals surface area contributed by atoms with E-state index in [-0.39, 0.29) is 12.4 Å². The molecule has 0 aliphatic heterocycles. The van der Waals surface area contributed by atoms with Gasteiger partial charge < -0.3 is 5.32 Å². The number of nitrogens with one attached hydrogen (secondary N) is 1. The summed E-state index contributed by atoms with van der Waals surface area (Å²) in [5.74, 6) is -0.200. The van der Waals surface area contributed by atoms with Crippen molar-refractivity contribution in [2.24, 2.45) is 0 Å². The van der Waals surface area contributed by atoms with Crippen LogP contribution in [-0.2, 0) is 12.6 Å². The Morgan fingerprint density at radius 2 is 2.05 bits per heavy atom. The average molecular weight is 312 g/mol. The molecular weight excluding hydrogens is 301 g/mol. The number of anilines is 1. The van der Waals surface area contributed by atoms with Crippen LogP contribution >= 0.6 is 0 Å². The minimum Gasteiger partial charge on any atom is -0.364 e. The Morgan fingerprint density at radius 3 is 2.64 bits per heavy atom. The maximum absolute atomic E-state index is 12.5.